The number of rotatable bonds is 4. The van der Waals surface area contributed by atoms with Crippen LogP contribution in [0, 0.1) is 17.0 Å². The summed E-state index contributed by atoms with van der Waals surface area (Å²) in [6.45, 7) is 2.10. The van der Waals surface area contributed by atoms with Crippen molar-refractivity contribution in [1.29, 1.82) is 0 Å². The zero-order valence-corrected chi connectivity index (χ0v) is 10.3. The standard InChI is InChI=1S/C12H13N5O2/c1-8-6-9(2-3-10(8)17(18)19)15-7-12-14-5-4-11(13)16-12/h2-6,15H,7H2,1H3,(H2,13,14,16). The predicted octanol–water partition coefficient (Wildman–Crippen LogP) is 1.89. The van der Waals surface area contributed by atoms with E-state index in [9.17, 15) is 10.1 Å². The Morgan fingerprint density at radius 3 is 2.84 bits per heavy atom. The Labute approximate surface area is 109 Å². The van der Waals surface area contributed by atoms with Crippen molar-refractivity contribution in [2.45, 2.75) is 13.5 Å². The van der Waals surface area contributed by atoms with E-state index in [4.69, 9.17) is 5.73 Å². The van der Waals surface area contributed by atoms with Crippen molar-refractivity contribution in [3.05, 3.63) is 52.0 Å². The van der Waals surface area contributed by atoms with Crippen LogP contribution in [-0.2, 0) is 6.54 Å². The Bertz CT molecular complexity index is 615. The number of hydrogen-bond donors (Lipinski definition) is 2. The second-order valence-electron chi connectivity index (χ2n) is 4.01. The molecular weight excluding hydrogens is 246 g/mol. The van der Waals surface area contributed by atoms with Gasteiger partial charge in [0.25, 0.3) is 5.69 Å². The summed E-state index contributed by atoms with van der Waals surface area (Å²) in [5, 5.41) is 13.8. The van der Waals surface area contributed by atoms with Gasteiger partial charge in [-0.15, -0.1) is 0 Å². The first kappa shape index (κ1) is 12.7. The lowest BCUT2D eigenvalue weighted by atomic mass is 10.2. The molecule has 0 fully saturated rings. The first-order valence-corrected chi connectivity index (χ1v) is 5.62. The van der Waals surface area contributed by atoms with Crippen LogP contribution in [0.4, 0.5) is 17.2 Å². The van der Waals surface area contributed by atoms with Crippen molar-refractivity contribution in [2.24, 2.45) is 0 Å². The summed E-state index contributed by atoms with van der Waals surface area (Å²) in [5.41, 5.74) is 7.03. The van der Waals surface area contributed by atoms with Gasteiger partial charge >= 0.3 is 0 Å². The molecule has 0 saturated heterocycles. The van der Waals surface area contributed by atoms with Gasteiger partial charge in [-0.25, -0.2) is 9.97 Å². The van der Waals surface area contributed by atoms with Gasteiger partial charge < -0.3 is 11.1 Å². The average Bonchev–Trinajstić information content (AvgIpc) is 2.36. The molecule has 7 heteroatoms. The fourth-order valence-corrected chi connectivity index (χ4v) is 1.65. The van der Waals surface area contributed by atoms with E-state index in [1.807, 2.05) is 0 Å². The Hall–Kier alpha value is -2.70. The number of aryl methyl sites for hydroxylation is 1. The van der Waals surface area contributed by atoms with Crippen LogP contribution in [0.1, 0.15) is 11.4 Å². The summed E-state index contributed by atoms with van der Waals surface area (Å²) in [6, 6.07) is 6.44. The zero-order chi connectivity index (χ0) is 13.8. The predicted molar refractivity (Wildman–Crippen MR) is 71.6 cm³/mol. The molecule has 2 rings (SSSR count). The largest absolute Gasteiger partial charge is 0.384 e. The van der Waals surface area contributed by atoms with Crippen LogP contribution >= 0.6 is 0 Å². The number of nitro benzene ring substituents is 1. The summed E-state index contributed by atoms with van der Waals surface area (Å²) in [5.74, 6) is 0.975. The number of benzene rings is 1. The molecule has 0 aliphatic carbocycles. The second-order valence-corrected chi connectivity index (χ2v) is 4.01. The molecule has 0 spiro atoms. The van der Waals surface area contributed by atoms with Crippen molar-refractivity contribution in [1.82, 2.24) is 9.97 Å². The number of nitro groups is 1. The maximum Gasteiger partial charge on any atom is 0.272 e. The summed E-state index contributed by atoms with van der Waals surface area (Å²) < 4.78 is 0. The number of nitrogens with zero attached hydrogens (tertiary/aromatic N) is 3. The molecule has 2 aromatic rings. The molecule has 0 unspecified atom stereocenters. The minimum absolute atomic E-state index is 0.103. The molecule has 0 radical (unpaired) electrons. The topological polar surface area (TPSA) is 107 Å². The molecule has 1 aromatic heterocycles. The minimum Gasteiger partial charge on any atom is -0.384 e. The smallest absolute Gasteiger partial charge is 0.272 e. The van der Waals surface area contributed by atoms with E-state index in [1.54, 1.807) is 31.3 Å². The van der Waals surface area contributed by atoms with Crippen LogP contribution in [-0.4, -0.2) is 14.9 Å². The van der Waals surface area contributed by atoms with E-state index in [0.29, 0.717) is 23.8 Å². The molecule has 0 aliphatic heterocycles. The SMILES string of the molecule is Cc1cc(NCc2nccc(N)n2)ccc1[N+](=O)[O-]. The fourth-order valence-electron chi connectivity index (χ4n) is 1.65. The highest BCUT2D eigenvalue weighted by Gasteiger charge is 2.10. The van der Waals surface area contributed by atoms with Gasteiger partial charge in [-0.2, -0.15) is 0 Å². The summed E-state index contributed by atoms with van der Waals surface area (Å²) in [7, 11) is 0. The Balaban J connectivity index is 2.08. The highest BCUT2D eigenvalue weighted by molar-refractivity contribution is 5.53. The fraction of sp³-hybridized carbons (Fsp3) is 0.167. The Morgan fingerprint density at radius 1 is 1.42 bits per heavy atom. The molecule has 3 N–H and O–H groups in total. The number of nitrogen functional groups attached to an aromatic ring is 1. The van der Waals surface area contributed by atoms with E-state index < -0.39 is 4.92 Å². The molecule has 7 nitrogen and oxygen atoms in total. The molecule has 19 heavy (non-hydrogen) atoms. The molecule has 0 bridgehead atoms. The van der Waals surface area contributed by atoms with Crippen LogP contribution < -0.4 is 11.1 Å². The molecule has 0 aliphatic rings. The number of nitrogens with one attached hydrogen (secondary N) is 1. The summed E-state index contributed by atoms with van der Waals surface area (Å²) >= 11 is 0. The number of aromatic nitrogens is 2. The quantitative estimate of drug-likeness (QED) is 0.641. The van der Waals surface area contributed by atoms with Crippen molar-refractivity contribution in [3.63, 3.8) is 0 Å². The van der Waals surface area contributed by atoms with Gasteiger partial charge in [-0.3, -0.25) is 10.1 Å². The third-order valence-electron chi connectivity index (χ3n) is 2.57. The molecule has 1 aromatic carbocycles. The monoisotopic (exact) mass is 259 g/mol. The van der Waals surface area contributed by atoms with Crippen LogP contribution in [0.25, 0.3) is 0 Å². The third kappa shape index (κ3) is 3.15. The van der Waals surface area contributed by atoms with Gasteiger partial charge in [-0.1, -0.05) is 0 Å². The molecule has 1 heterocycles. The normalized spacial score (nSPS) is 10.2. The van der Waals surface area contributed by atoms with Crippen molar-refractivity contribution >= 4 is 17.2 Å². The maximum absolute atomic E-state index is 10.7. The summed E-state index contributed by atoms with van der Waals surface area (Å²) in [4.78, 5) is 18.4. The maximum atomic E-state index is 10.7. The lowest BCUT2D eigenvalue weighted by Gasteiger charge is -2.06. The van der Waals surface area contributed by atoms with E-state index in [0.717, 1.165) is 5.69 Å². The van der Waals surface area contributed by atoms with Crippen LogP contribution in [0.2, 0.25) is 0 Å². The molecule has 0 amide bonds. The van der Waals surface area contributed by atoms with Gasteiger partial charge in [-0.05, 0) is 25.1 Å². The summed E-state index contributed by atoms with van der Waals surface area (Å²) in [6.07, 6.45) is 1.58. The lowest BCUT2D eigenvalue weighted by Crippen LogP contribution is -2.06. The van der Waals surface area contributed by atoms with E-state index >= 15 is 0 Å². The third-order valence-corrected chi connectivity index (χ3v) is 2.57. The van der Waals surface area contributed by atoms with Crippen LogP contribution in [0.3, 0.4) is 0 Å². The van der Waals surface area contributed by atoms with Gasteiger partial charge in [0.05, 0.1) is 11.5 Å². The first-order valence-electron chi connectivity index (χ1n) is 5.62. The Kier molecular flexibility index (Phi) is 3.56. The van der Waals surface area contributed by atoms with Crippen molar-refractivity contribution < 1.29 is 4.92 Å². The number of anilines is 2. The van der Waals surface area contributed by atoms with Crippen molar-refractivity contribution in [2.75, 3.05) is 11.1 Å². The van der Waals surface area contributed by atoms with Crippen LogP contribution in [0.5, 0.6) is 0 Å². The molecular formula is C12H13N5O2. The highest BCUT2D eigenvalue weighted by atomic mass is 16.6. The van der Waals surface area contributed by atoms with E-state index in [1.165, 1.54) is 6.07 Å². The lowest BCUT2D eigenvalue weighted by molar-refractivity contribution is -0.385. The number of nitrogens with two attached hydrogens (primary N) is 1. The first-order chi connectivity index (χ1) is 9.06. The molecule has 0 atom stereocenters. The molecule has 0 saturated carbocycles. The average molecular weight is 259 g/mol. The molecule has 98 valence electrons. The van der Waals surface area contributed by atoms with Crippen LogP contribution in [0.15, 0.2) is 30.5 Å². The van der Waals surface area contributed by atoms with Gasteiger partial charge in [0.2, 0.25) is 0 Å². The van der Waals surface area contributed by atoms with Crippen molar-refractivity contribution in [3.8, 4) is 0 Å². The van der Waals surface area contributed by atoms with Gasteiger partial charge in [0.15, 0.2) is 0 Å². The van der Waals surface area contributed by atoms with Gasteiger partial charge in [0.1, 0.15) is 11.6 Å². The Morgan fingerprint density at radius 2 is 2.21 bits per heavy atom. The van der Waals surface area contributed by atoms with Gasteiger partial charge in [0, 0.05) is 23.5 Å². The second kappa shape index (κ2) is 5.30. The number of hydrogen-bond acceptors (Lipinski definition) is 6. The zero-order valence-electron chi connectivity index (χ0n) is 10.3. The van der Waals surface area contributed by atoms with E-state index in [-0.39, 0.29) is 5.69 Å². The highest BCUT2D eigenvalue weighted by Crippen LogP contribution is 2.21. The minimum atomic E-state index is -0.403. The van der Waals surface area contributed by atoms with E-state index in [2.05, 4.69) is 15.3 Å².